The van der Waals surface area contributed by atoms with Crippen LogP contribution in [0.25, 0.3) is 0 Å². The van der Waals surface area contributed by atoms with E-state index in [0.29, 0.717) is 22.3 Å². The molecule has 1 fully saturated rings. The molecule has 0 radical (unpaired) electrons. The lowest BCUT2D eigenvalue weighted by atomic mass is 10.1. The highest BCUT2D eigenvalue weighted by Gasteiger charge is 2.39. The number of aliphatic imine (C=N–C) groups is 1. The molecule has 0 aromatic heterocycles. The first-order chi connectivity index (χ1) is 14.2. The van der Waals surface area contributed by atoms with Crippen molar-refractivity contribution in [3.05, 3.63) is 29.3 Å². The fourth-order valence-corrected chi connectivity index (χ4v) is 6.45. The van der Waals surface area contributed by atoms with Crippen molar-refractivity contribution in [2.75, 3.05) is 22.2 Å². The predicted molar refractivity (Wildman–Crippen MR) is 119 cm³/mol. The van der Waals surface area contributed by atoms with Crippen LogP contribution >= 0.6 is 23.4 Å². The number of hydrogen-bond acceptors (Lipinski definition) is 7. The summed E-state index contributed by atoms with van der Waals surface area (Å²) in [4.78, 5) is 32.0. The van der Waals surface area contributed by atoms with Gasteiger partial charge in [-0.3, -0.25) is 19.5 Å². The van der Waals surface area contributed by atoms with Gasteiger partial charge in [0.15, 0.2) is 15.0 Å². The fraction of sp³-hybridized carbons (Fsp3) is 0.474. The number of nitrogens with zero attached hydrogens (tertiary/aromatic N) is 4. The van der Waals surface area contributed by atoms with E-state index in [1.54, 1.807) is 24.3 Å². The van der Waals surface area contributed by atoms with E-state index in [4.69, 9.17) is 11.6 Å². The van der Waals surface area contributed by atoms with Gasteiger partial charge in [0, 0.05) is 23.6 Å². The number of rotatable bonds is 3. The molecule has 0 N–H and O–H groups in total. The Morgan fingerprint density at radius 3 is 2.60 bits per heavy atom. The number of anilines is 1. The lowest BCUT2D eigenvalue weighted by molar-refractivity contribution is -0.133. The van der Waals surface area contributed by atoms with Gasteiger partial charge in [-0.2, -0.15) is 5.10 Å². The number of hydrogen-bond donors (Lipinski definition) is 0. The number of hydrazone groups is 1. The number of carbonyl (C=O) groups excluding carboxylic acids is 2. The highest BCUT2D eigenvalue weighted by Crippen LogP contribution is 2.29. The molecule has 1 aromatic carbocycles. The van der Waals surface area contributed by atoms with Crippen molar-refractivity contribution >= 4 is 61.6 Å². The maximum absolute atomic E-state index is 13.5. The summed E-state index contributed by atoms with van der Waals surface area (Å²) in [6.07, 6.45) is 0.650. The van der Waals surface area contributed by atoms with Crippen molar-refractivity contribution in [1.29, 1.82) is 0 Å². The fourth-order valence-electron chi connectivity index (χ4n) is 3.59. The Kier molecular flexibility index (Phi) is 5.91. The van der Waals surface area contributed by atoms with Crippen LogP contribution in [0.1, 0.15) is 26.2 Å². The summed E-state index contributed by atoms with van der Waals surface area (Å²) in [5.41, 5.74) is 0.830. The summed E-state index contributed by atoms with van der Waals surface area (Å²) in [6, 6.07) is 6.44. The van der Waals surface area contributed by atoms with Crippen molar-refractivity contribution < 1.29 is 18.0 Å². The zero-order valence-electron chi connectivity index (χ0n) is 16.3. The molecule has 0 saturated carbocycles. The molecule has 1 aromatic rings. The minimum Gasteiger partial charge on any atom is -0.273 e. The molecular weight excluding hydrogens is 448 g/mol. The molecular formula is C19H21ClN4O4S2. The van der Waals surface area contributed by atoms with Gasteiger partial charge in [0.1, 0.15) is 5.71 Å². The summed E-state index contributed by atoms with van der Waals surface area (Å²) in [7, 11) is -3.18. The predicted octanol–water partition coefficient (Wildman–Crippen LogP) is 2.33. The van der Waals surface area contributed by atoms with Crippen molar-refractivity contribution in [2.45, 2.75) is 38.3 Å². The number of amidine groups is 1. The average molecular weight is 469 g/mol. The number of benzene rings is 1. The van der Waals surface area contributed by atoms with E-state index < -0.39 is 15.9 Å². The molecule has 0 aliphatic carbocycles. The van der Waals surface area contributed by atoms with Gasteiger partial charge in [-0.15, -0.1) is 0 Å². The van der Waals surface area contributed by atoms with Crippen LogP contribution in [0.5, 0.6) is 0 Å². The molecule has 2 amide bonds. The third-order valence-corrected chi connectivity index (χ3v) is 8.32. The van der Waals surface area contributed by atoms with Crippen LogP contribution in [-0.4, -0.2) is 65.5 Å². The molecule has 160 valence electrons. The van der Waals surface area contributed by atoms with E-state index in [0.717, 1.165) is 5.75 Å². The minimum absolute atomic E-state index is 0.0302. The number of sulfone groups is 1. The van der Waals surface area contributed by atoms with E-state index in [-0.39, 0.29) is 47.9 Å². The van der Waals surface area contributed by atoms with Crippen LogP contribution in [0.15, 0.2) is 34.4 Å². The smallest absolute Gasteiger partial charge is 0.273 e. The van der Waals surface area contributed by atoms with Crippen LogP contribution in [0.3, 0.4) is 0 Å². The summed E-state index contributed by atoms with van der Waals surface area (Å²) in [5, 5.41) is 6.65. The Labute approximate surface area is 184 Å². The Morgan fingerprint density at radius 2 is 2.00 bits per heavy atom. The zero-order chi connectivity index (χ0) is 21.5. The van der Waals surface area contributed by atoms with Gasteiger partial charge in [0.05, 0.1) is 29.3 Å². The third kappa shape index (κ3) is 4.40. The molecule has 3 aliphatic rings. The highest BCUT2D eigenvalue weighted by molar-refractivity contribution is 8.14. The van der Waals surface area contributed by atoms with Crippen LogP contribution in [-0.2, 0) is 19.4 Å². The Balaban J connectivity index is 1.66. The molecule has 3 aliphatic heterocycles. The van der Waals surface area contributed by atoms with E-state index in [2.05, 4.69) is 10.1 Å². The standard InChI is InChI=1S/C19H21ClN4O4S2/c1-12-10-29-19(21-12)23(14-4-2-13(20)3-5-14)18(26)16-6-7-17(25)24(22-16)15-8-9-30(27,28)11-15/h2-5,12,15H,6-11H2,1H3/t12-,15-/m1/s1. The molecule has 1 saturated heterocycles. The molecule has 11 heteroatoms. The highest BCUT2D eigenvalue weighted by atomic mass is 35.5. The summed E-state index contributed by atoms with van der Waals surface area (Å²) < 4.78 is 23.7. The minimum atomic E-state index is -3.18. The normalized spacial score (nSPS) is 25.8. The Morgan fingerprint density at radius 1 is 1.27 bits per heavy atom. The lowest BCUT2D eigenvalue weighted by Gasteiger charge is -2.29. The van der Waals surface area contributed by atoms with Crippen molar-refractivity contribution in [3.8, 4) is 0 Å². The van der Waals surface area contributed by atoms with Crippen LogP contribution in [0.2, 0.25) is 5.02 Å². The number of carbonyl (C=O) groups is 2. The van der Waals surface area contributed by atoms with Gasteiger partial charge >= 0.3 is 0 Å². The van der Waals surface area contributed by atoms with Gasteiger partial charge in [-0.05, 0) is 37.6 Å². The molecule has 2 atom stereocenters. The molecule has 0 bridgehead atoms. The third-order valence-electron chi connectivity index (χ3n) is 5.12. The summed E-state index contributed by atoms with van der Waals surface area (Å²) >= 11 is 7.49. The van der Waals surface area contributed by atoms with E-state index in [1.807, 2.05) is 6.92 Å². The number of halogens is 1. The number of amides is 2. The maximum atomic E-state index is 13.5. The molecule has 30 heavy (non-hydrogen) atoms. The van der Waals surface area contributed by atoms with Gasteiger partial charge in [-0.1, -0.05) is 23.4 Å². The molecule has 4 rings (SSSR count). The van der Waals surface area contributed by atoms with Gasteiger partial charge in [-0.25, -0.2) is 13.4 Å². The van der Waals surface area contributed by atoms with Gasteiger partial charge in [0.25, 0.3) is 5.91 Å². The summed E-state index contributed by atoms with van der Waals surface area (Å²) in [5.74, 6) is 0.0561. The molecule has 8 nitrogen and oxygen atoms in total. The average Bonchev–Trinajstić information content (AvgIpc) is 3.29. The van der Waals surface area contributed by atoms with Crippen LogP contribution in [0.4, 0.5) is 5.69 Å². The number of thioether (sulfide) groups is 1. The Bertz CT molecular complexity index is 1040. The largest absolute Gasteiger partial charge is 0.280 e. The second-order valence-electron chi connectivity index (χ2n) is 7.53. The SMILES string of the molecule is C[C@@H]1CSC(N(C(=O)C2=NN([C@@H]3CCS(=O)(=O)C3)C(=O)CC2)c2ccc(Cl)cc2)=N1. The van der Waals surface area contributed by atoms with E-state index >= 15 is 0 Å². The molecule has 0 unspecified atom stereocenters. The van der Waals surface area contributed by atoms with E-state index in [9.17, 15) is 18.0 Å². The maximum Gasteiger partial charge on any atom is 0.280 e. The summed E-state index contributed by atoms with van der Waals surface area (Å²) in [6.45, 7) is 1.98. The zero-order valence-corrected chi connectivity index (χ0v) is 18.7. The first-order valence-corrected chi connectivity index (χ1v) is 12.8. The molecule has 0 spiro atoms. The van der Waals surface area contributed by atoms with Crippen molar-refractivity contribution in [2.24, 2.45) is 10.1 Å². The van der Waals surface area contributed by atoms with Crippen molar-refractivity contribution in [1.82, 2.24) is 5.01 Å². The first-order valence-electron chi connectivity index (χ1n) is 9.64. The van der Waals surface area contributed by atoms with Crippen molar-refractivity contribution in [3.63, 3.8) is 0 Å². The van der Waals surface area contributed by atoms with Crippen LogP contribution < -0.4 is 4.90 Å². The quantitative estimate of drug-likeness (QED) is 0.677. The van der Waals surface area contributed by atoms with Crippen LogP contribution in [0, 0.1) is 0 Å². The van der Waals surface area contributed by atoms with Gasteiger partial charge in [0.2, 0.25) is 5.91 Å². The topological polar surface area (TPSA) is 99.5 Å². The first kappa shape index (κ1) is 21.3. The monoisotopic (exact) mass is 468 g/mol. The Hall–Kier alpha value is -1.91. The van der Waals surface area contributed by atoms with E-state index in [1.165, 1.54) is 21.7 Å². The van der Waals surface area contributed by atoms with Gasteiger partial charge < -0.3 is 0 Å². The second kappa shape index (κ2) is 8.32. The second-order valence-corrected chi connectivity index (χ2v) is 11.2. The molecule has 3 heterocycles. The lowest BCUT2D eigenvalue weighted by Crippen LogP contribution is -2.46.